The highest BCUT2D eigenvalue weighted by molar-refractivity contribution is 7.91. The van der Waals surface area contributed by atoms with Gasteiger partial charge < -0.3 is 24.6 Å². The van der Waals surface area contributed by atoms with Gasteiger partial charge in [-0.05, 0) is 73.1 Å². The molecular weight excluding hydrogens is 1070 g/mol. The first kappa shape index (κ1) is 53.6. The van der Waals surface area contributed by atoms with Crippen LogP contribution in [0.3, 0.4) is 0 Å². The van der Waals surface area contributed by atoms with Crippen molar-refractivity contribution < 1.29 is 84.2 Å². The van der Waals surface area contributed by atoms with E-state index in [1.165, 1.54) is 49.5 Å². The number of aromatic amines is 1. The quantitative estimate of drug-likeness (QED) is 0.0407. The molecule has 6 aromatic rings. The van der Waals surface area contributed by atoms with Crippen LogP contribution < -0.4 is 20.0 Å². The Kier molecular flexibility index (Phi) is 15.5. The Bertz CT molecular complexity index is 3840. The van der Waals surface area contributed by atoms with Gasteiger partial charge in [0.1, 0.15) is 38.3 Å². The summed E-state index contributed by atoms with van der Waals surface area (Å²) in [6.07, 6.45) is 0. The van der Waals surface area contributed by atoms with E-state index in [9.17, 15) is 66.0 Å². The third kappa shape index (κ3) is 12.6. The number of phenols is 2. The molecule has 0 aliphatic rings. The zero-order chi connectivity index (χ0) is 52.4. The van der Waals surface area contributed by atoms with Crippen LogP contribution in [0.15, 0.2) is 118 Å². The highest BCUT2D eigenvalue weighted by Gasteiger charge is 2.28. The zero-order valence-corrected chi connectivity index (χ0v) is 40.9. The summed E-state index contributed by atoms with van der Waals surface area (Å²) in [6.45, 7) is 0.747. The second-order valence-corrected chi connectivity index (χ2v) is 21.6. The van der Waals surface area contributed by atoms with Crippen molar-refractivity contribution in [1.29, 1.82) is 0 Å². The number of fused-ring (bicyclic) bond motifs is 1. The number of rotatable bonds is 18. The van der Waals surface area contributed by atoms with Gasteiger partial charge in [0.15, 0.2) is 27.1 Å². The predicted octanol–water partition coefficient (Wildman–Crippen LogP) is 5.59. The number of ether oxygens (including phenoxy) is 2. The minimum atomic E-state index is -5.49. The molecule has 0 atom stereocenters. The normalized spacial score (nSPS) is 13.1. The highest BCUT2D eigenvalue weighted by Crippen LogP contribution is 2.47. The lowest BCUT2D eigenvalue weighted by Gasteiger charge is -2.22. The largest absolute Gasteiger partial charge is 0.506 e. The van der Waals surface area contributed by atoms with E-state index in [0.29, 0.717) is 6.07 Å². The topological polar surface area (TPSA) is 426 Å². The lowest BCUT2D eigenvalue weighted by atomic mass is 10.1. The minimum Gasteiger partial charge on any atom is -0.506 e. The van der Waals surface area contributed by atoms with Gasteiger partial charge in [-0.2, -0.15) is 43.6 Å². The van der Waals surface area contributed by atoms with E-state index in [1.807, 2.05) is 0 Å². The molecular formula is C37H34ClN9O19S5. The summed E-state index contributed by atoms with van der Waals surface area (Å²) in [4.78, 5) is 12.9. The number of halogens is 1. The number of nitrogens with one attached hydrogen (secondary N) is 1. The summed E-state index contributed by atoms with van der Waals surface area (Å²) < 4.78 is 177. The number of methoxy groups -OCH3 is 2. The molecule has 0 saturated carbocycles. The molecule has 71 heavy (non-hydrogen) atoms. The van der Waals surface area contributed by atoms with Crippen LogP contribution >= 0.6 is 11.6 Å². The van der Waals surface area contributed by atoms with Crippen molar-refractivity contribution in [2.24, 2.45) is 25.4 Å². The van der Waals surface area contributed by atoms with Gasteiger partial charge in [0.25, 0.3) is 30.4 Å². The maximum absolute atomic E-state index is 13.1. The minimum absolute atomic E-state index is 0.00735. The van der Waals surface area contributed by atoms with Crippen LogP contribution in [0.1, 0.15) is 6.92 Å². The first-order chi connectivity index (χ1) is 33.0. The molecule has 7 N–H and O–H groups in total. The number of benzene rings is 5. The number of H-pyrrole nitrogens is 1. The van der Waals surface area contributed by atoms with E-state index in [0.717, 1.165) is 36.4 Å². The number of aromatic hydroxyl groups is 2. The third-order valence-electron chi connectivity index (χ3n) is 9.44. The zero-order valence-electron chi connectivity index (χ0n) is 36.0. The molecule has 0 aliphatic carbocycles. The summed E-state index contributed by atoms with van der Waals surface area (Å²) in [7, 11) is -22.4. The van der Waals surface area contributed by atoms with Gasteiger partial charge in [-0.3, -0.25) is 23.2 Å². The SMILES string of the molecule is CCN(c1cccc(S(=O)(=O)CCOS(=O)(=O)O)c1)c1nc(Cl)nc(=Nc2ccc3c(O)c(N=Nc4cc(OC)c(OC)cc4N=Nc4cc(S(=O)(=O)O)ccc4O)c(S(=O)(=O)O)cc3c2S(=O)(=O)O)[nH]1. The lowest BCUT2D eigenvalue weighted by molar-refractivity contribution is 0.284. The summed E-state index contributed by atoms with van der Waals surface area (Å²) in [5, 5.41) is 35.6. The molecule has 0 amide bonds. The van der Waals surface area contributed by atoms with Gasteiger partial charge in [-0.15, -0.1) is 20.5 Å². The molecule has 5 aromatic carbocycles. The van der Waals surface area contributed by atoms with Crippen LogP contribution in [0.2, 0.25) is 5.28 Å². The molecule has 0 aliphatic heterocycles. The van der Waals surface area contributed by atoms with Crippen molar-refractivity contribution in [1.82, 2.24) is 15.0 Å². The predicted molar refractivity (Wildman–Crippen MR) is 246 cm³/mol. The van der Waals surface area contributed by atoms with E-state index in [-0.39, 0.29) is 45.9 Å². The number of nitrogens with zero attached hydrogens (tertiary/aromatic N) is 8. The summed E-state index contributed by atoms with van der Waals surface area (Å²) >= 11 is 6.24. The van der Waals surface area contributed by atoms with Crippen molar-refractivity contribution in [2.75, 3.05) is 38.0 Å². The number of aromatic nitrogens is 3. The molecule has 0 fully saturated rings. The number of hydrogen-bond donors (Lipinski definition) is 7. The van der Waals surface area contributed by atoms with Crippen molar-refractivity contribution >= 4 is 113 Å². The Morgan fingerprint density at radius 2 is 1.31 bits per heavy atom. The summed E-state index contributed by atoms with van der Waals surface area (Å²) in [5.74, 6) is -2.75. The number of hydrogen-bond acceptors (Lipinski definition) is 23. The maximum atomic E-state index is 13.1. The van der Waals surface area contributed by atoms with E-state index in [2.05, 4.69) is 44.6 Å². The molecule has 0 spiro atoms. The fourth-order valence-electron chi connectivity index (χ4n) is 6.32. The average molecular weight is 1100 g/mol. The third-order valence-corrected chi connectivity index (χ3v) is 14.4. The molecule has 0 unspecified atom stereocenters. The first-order valence-corrected chi connectivity index (χ1v) is 26.8. The van der Waals surface area contributed by atoms with Crippen molar-refractivity contribution in [2.45, 2.75) is 26.5 Å². The van der Waals surface area contributed by atoms with Gasteiger partial charge in [0.2, 0.25) is 16.9 Å². The fourth-order valence-corrected chi connectivity index (χ4v) is 9.98. The second kappa shape index (κ2) is 20.5. The van der Waals surface area contributed by atoms with Crippen LogP contribution in [-0.4, -0.2) is 119 Å². The molecule has 34 heteroatoms. The van der Waals surface area contributed by atoms with Crippen LogP contribution in [0.25, 0.3) is 10.8 Å². The molecule has 28 nitrogen and oxygen atoms in total. The monoisotopic (exact) mass is 1100 g/mol. The van der Waals surface area contributed by atoms with Gasteiger partial charge in [0, 0.05) is 35.1 Å². The molecule has 6 rings (SSSR count). The standard InChI is InChI=1S/C37H34ClN9O19S5/c1-4-47(19-6-5-7-20(14-19)67(50,51)13-12-66-71(61,62)63)37-41-35(38)40-36(42-37)39-24-10-9-22-23(34(24)70(58,59)60)16-31(69(55,56)57)32(33(22)49)46-44-26-18-30(65-3)29(64-2)17-25(26)43-45-27-15-21(68(52,53)54)8-11-28(27)48/h5-11,14-18,48-49H,4,12-13H2,1-3H3,(H,52,53,54)(H,55,56,57)(H,58,59,60)(H,61,62,63)(H,39,40,41,42). The maximum Gasteiger partial charge on any atom is 0.397 e. The van der Waals surface area contributed by atoms with Gasteiger partial charge in [0.05, 0.1) is 42.1 Å². The fraction of sp³-hybridized carbons (Fsp3) is 0.162. The summed E-state index contributed by atoms with van der Waals surface area (Å²) in [6, 6.07) is 12.5. The van der Waals surface area contributed by atoms with Crippen LogP contribution in [0.5, 0.6) is 23.0 Å². The van der Waals surface area contributed by atoms with E-state index in [1.54, 1.807) is 6.92 Å². The van der Waals surface area contributed by atoms with E-state index < -0.39 is 128 Å². The van der Waals surface area contributed by atoms with E-state index >= 15 is 0 Å². The summed E-state index contributed by atoms with van der Waals surface area (Å²) in [5.41, 5.74) is -3.10. The van der Waals surface area contributed by atoms with Crippen LogP contribution in [0, 0.1) is 0 Å². The molecule has 0 saturated heterocycles. The van der Waals surface area contributed by atoms with Crippen LogP contribution in [-0.2, 0) is 54.8 Å². The lowest BCUT2D eigenvalue weighted by Crippen LogP contribution is -2.25. The number of sulfone groups is 1. The molecule has 1 heterocycles. The smallest absolute Gasteiger partial charge is 0.397 e. The molecule has 0 radical (unpaired) electrons. The van der Waals surface area contributed by atoms with Crippen molar-refractivity contribution in [3.8, 4) is 23.0 Å². The molecule has 1 aromatic heterocycles. The Morgan fingerprint density at radius 3 is 1.89 bits per heavy atom. The Labute approximate surface area is 406 Å². The number of anilines is 2. The van der Waals surface area contributed by atoms with Crippen LogP contribution in [0.4, 0.5) is 40.1 Å². The molecule has 0 bridgehead atoms. The Morgan fingerprint density at radius 1 is 0.676 bits per heavy atom. The van der Waals surface area contributed by atoms with Gasteiger partial charge >= 0.3 is 10.4 Å². The number of phenolic OH excluding ortho intramolecular Hbond substituents is 2. The highest BCUT2D eigenvalue weighted by atomic mass is 35.5. The Hall–Kier alpha value is -6.79. The Balaban J connectivity index is 1.48. The van der Waals surface area contributed by atoms with Gasteiger partial charge in [-0.1, -0.05) is 6.07 Å². The number of azo groups is 2. The van der Waals surface area contributed by atoms with Crippen molar-refractivity contribution in [3.63, 3.8) is 0 Å². The average Bonchev–Trinajstić information content (AvgIpc) is 3.26. The van der Waals surface area contributed by atoms with Gasteiger partial charge in [-0.25, -0.2) is 17.6 Å². The second-order valence-electron chi connectivity index (χ2n) is 13.9. The molecule has 378 valence electrons. The van der Waals surface area contributed by atoms with Crippen molar-refractivity contribution in [3.05, 3.63) is 83.7 Å². The van der Waals surface area contributed by atoms with E-state index in [4.69, 9.17) is 25.6 Å². The first-order valence-electron chi connectivity index (χ1n) is 19.1.